The summed E-state index contributed by atoms with van der Waals surface area (Å²) in [6.45, 7) is 3.15. The summed E-state index contributed by atoms with van der Waals surface area (Å²) in [6.07, 6.45) is 0. The summed E-state index contributed by atoms with van der Waals surface area (Å²) in [5.41, 5.74) is 12.1. The molecule has 28 heavy (non-hydrogen) atoms. The van der Waals surface area contributed by atoms with Crippen LogP contribution in [0.3, 0.4) is 0 Å². The predicted octanol–water partition coefficient (Wildman–Crippen LogP) is 3.28. The first-order valence-corrected chi connectivity index (χ1v) is 9.47. The second-order valence-corrected chi connectivity index (χ2v) is 6.86. The molecule has 8 nitrogen and oxygen atoms in total. The molecule has 2 rings (SSSR count). The minimum absolute atomic E-state index is 0.0154. The molecule has 1 heterocycles. The first-order valence-electron chi connectivity index (χ1n) is 8.27. The van der Waals surface area contributed by atoms with Crippen LogP contribution in [0, 0.1) is 0 Å². The number of hydrogen-bond acceptors (Lipinski definition) is 9. The van der Waals surface area contributed by atoms with Gasteiger partial charge in [0.1, 0.15) is 22.0 Å². The van der Waals surface area contributed by atoms with Crippen molar-refractivity contribution in [2.24, 2.45) is 0 Å². The fourth-order valence-electron chi connectivity index (χ4n) is 2.30. The zero-order valence-corrected chi connectivity index (χ0v) is 16.8. The molecule has 0 spiro atoms. The lowest BCUT2D eigenvalue weighted by Gasteiger charge is -2.09. The topological polar surface area (TPSA) is 131 Å². The molecule has 0 aliphatic heterocycles. The highest BCUT2D eigenvalue weighted by Crippen LogP contribution is 2.33. The van der Waals surface area contributed by atoms with Gasteiger partial charge in [0, 0.05) is 5.56 Å². The van der Waals surface area contributed by atoms with Crippen molar-refractivity contribution in [2.45, 2.75) is 20.5 Å². The van der Waals surface area contributed by atoms with Gasteiger partial charge >= 0.3 is 17.9 Å². The Labute approximate surface area is 170 Å². The van der Waals surface area contributed by atoms with Crippen LogP contribution in [-0.2, 0) is 20.8 Å². The minimum Gasteiger partial charge on any atom is -0.462 e. The van der Waals surface area contributed by atoms with Crippen molar-refractivity contribution in [1.29, 1.82) is 0 Å². The van der Waals surface area contributed by atoms with Crippen LogP contribution in [0.25, 0.3) is 0 Å². The third-order valence-corrected chi connectivity index (χ3v) is 4.94. The summed E-state index contributed by atoms with van der Waals surface area (Å²) in [5.74, 6) is -2.09. The lowest BCUT2D eigenvalue weighted by Crippen LogP contribution is -2.14. The van der Waals surface area contributed by atoms with Gasteiger partial charge in [-0.1, -0.05) is 11.6 Å². The molecule has 2 aromatic rings. The number of nitrogen functional groups attached to an aromatic ring is 2. The van der Waals surface area contributed by atoms with Crippen LogP contribution >= 0.6 is 22.9 Å². The Morgan fingerprint density at radius 2 is 1.64 bits per heavy atom. The molecule has 1 aromatic carbocycles. The van der Waals surface area contributed by atoms with Crippen LogP contribution in [0.2, 0.25) is 5.02 Å². The number of ether oxygens (including phenoxy) is 3. The lowest BCUT2D eigenvalue weighted by atomic mass is 10.1. The number of thiophene rings is 1. The van der Waals surface area contributed by atoms with Crippen molar-refractivity contribution < 1.29 is 28.6 Å². The minimum atomic E-state index is -0.714. The van der Waals surface area contributed by atoms with Gasteiger partial charge < -0.3 is 25.7 Å². The standard InChI is InChI=1S/C18H19ClN2O6S/c1-3-25-17(23)13-10(14(28-15(13)21)18(24)26-4-2)8-27-16(22)9-5-6-11(19)12(20)7-9/h5-7H,3-4,8,20-21H2,1-2H3. The Hall–Kier alpha value is -2.78. The van der Waals surface area contributed by atoms with E-state index < -0.39 is 17.9 Å². The van der Waals surface area contributed by atoms with Crippen LogP contribution in [0.5, 0.6) is 0 Å². The largest absolute Gasteiger partial charge is 0.462 e. The number of hydrogen-bond donors (Lipinski definition) is 2. The molecule has 150 valence electrons. The summed E-state index contributed by atoms with van der Waals surface area (Å²) in [6, 6.07) is 4.27. The Morgan fingerprint density at radius 1 is 1.00 bits per heavy atom. The van der Waals surface area contributed by atoms with E-state index in [0.717, 1.165) is 11.3 Å². The number of halogens is 1. The van der Waals surface area contributed by atoms with Crippen LogP contribution in [-0.4, -0.2) is 31.1 Å². The van der Waals surface area contributed by atoms with Gasteiger partial charge in [-0.2, -0.15) is 0 Å². The Bertz CT molecular complexity index is 912. The van der Waals surface area contributed by atoms with Crippen molar-refractivity contribution in [1.82, 2.24) is 0 Å². The first kappa shape index (κ1) is 21.5. The molecule has 0 fully saturated rings. The van der Waals surface area contributed by atoms with E-state index >= 15 is 0 Å². The number of nitrogens with two attached hydrogens (primary N) is 2. The van der Waals surface area contributed by atoms with Gasteiger partial charge in [0.05, 0.1) is 29.5 Å². The van der Waals surface area contributed by atoms with Crippen molar-refractivity contribution in [2.75, 3.05) is 24.7 Å². The van der Waals surface area contributed by atoms with Crippen LogP contribution in [0.4, 0.5) is 10.7 Å². The predicted molar refractivity (Wildman–Crippen MR) is 106 cm³/mol. The molecule has 0 aliphatic rings. The van der Waals surface area contributed by atoms with E-state index in [4.69, 9.17) is 37.3 Å². The summed E-state index contributed by atoms with van der Waals surface area (Å²) in [5, 5.41) is 0.375. The fraction of sp³-hybridized carbons (Fsp3) is 0.278. The Kier molecular flexibility index (Phi) is 7.24. The molecule has 0 saturated heterocycles. The first-order chi connectivity index (χ1) is 13.3. The highest BCUT2D eigenvalue weighted by molar-refractivity contribution is 7.18. The van der Waals surface area contributed by atoms with E-state index in [-0.39, 0.29) is 52.1 Å². The molecule has 10 heteroatoms. The van der Waals surface area contributed by atoms with Gasteiger partial charge in [0.25, 0.3) is 0 Å². The molecule has 0 radical (unpaired) electrons. The molecule has 0 atom stereocenters. The number of carbonyl (C=O) groups is 3. The summed E-state index contributed by atoms with van der Waals surface area (Å²) in [4.78, 5) is 36.9. The maximum absolute atomic E-state index is 12.3. The Balaban J connectivity index is 2.33. The van der Waals surface area contributed by atoms with Crippen LogP contribution in [0.15, 0.2) is 18.2 Å². The Morgan fingerprint density at radius 3 is 2.25 bits per heavy atom. The van der Waals surface area contributed by atoms with E-state index in [9.17, 15) is 14.4 Å². The fourth-order valence-corrected chi connectivity index (χ4v) is 3.38. The molecular formula is C18H19ClN2O6S. The monoisotopic (exact) mass is 426 g/mol. The number of esters is 3. The average Bonchev–Trinajstić information content (AvgIpc) is 2.98. The second kappa shape index (κ2) is 9.43. The highest BCUT2D eigenvalue weighted by atomic mass is 35.5. The maximum atomic E-state index is 12.3. The van der Waals surface area contributed by atoms with Gasteiger partial charge in [0.15, 0.2) is 0 Å². The van der Waals surface area contributed by atoms with E-state index in [0.29, 0.717) is 5.02 Å². The van der Waals surface area contributed by atoms with Gasteiger partial charge in [-0.3, -0.25) is 0 Å². The molecule has 0 aliphatic carbocycles. The van der Waals surface area contributed by atoms with Gasteiger partial charge in [-0.15, -0.1) is 11.3 Å². The third kappa shape index (κ3) is 4.73. The third-order valence-electron chi connectivity index (χ3n) is 3.55. The number of benzene rings is 1. The normalized spacial score (nSPS) is 10.4. The highest BCUT2D eigenvalue weighted by Gasteiger charge is 2.28. The molecule has 0 bridgehead atoms. The molecular weight excluding hydrogens is 408 g/mol. The van der Waals surface area contributed by atoms with E-state index in [1.54, 1.807) is 13.8 Å². The molecule has 1 aromatic heterocycles. The van der Waals surface area contributed by atoms with Crippen molar-refractivity contribution in [3.05, 3.63) is 44.8 Å². The zero-order valence-electron chi connectivity index (χ0n) is 15.2. The maximum Gasteiger partial charge on any atom is 0.348 e. The quantitative estimate of drug-likeness (QED) is 0.391. The summed E-state index contributed by atoms with van der Waals surface area (Å²) >= 11 is 6.71. The molecule has 0 unspecified atom stereocenters. The number of anilines is 2. The summed E-state index contributed by atoms with van der Waals surface area (Å²) < 4.78 is 15.2. The number of rotatable bonds is 7. The SMILES string of the molecule is CCOC(=O)c1sc(N)c(C(=O)OCC)c1COC(=O)c1ccc(Cl)c(N)c1. The zero-order chi connectivity index (χ0) is 20.8. The second-order valence-electron chi connectivity index (χ2n) is 5.40. The van der Waals surface area contributed by atoms with Crippen LogP contribution in [0.1, 0.15) is 49.8 Å². The van der Waals surface area contributed by atoms with E-state index in [1.807, 2.05) is 0 Å². The molecule has 0 saturated carbocycles. The van der Waals surface area contributed by atoms with Crippen LogP contribution < -0.4 is 11.5 Å². The van der Waals surface area contributed by atoms with Crippen molar-refractivity contribution >= 4 is 51.5 Å². The molecule has 0 amide bonds. The van der Waals surface area contributed by atoms with Gasteiger partial charge in [0.2, 0.25) is 0 Å². The number of carbonyl (C=O) groups excluding carboxylic acids is 3. The van der Waals surface area contributed by atoms with E-state index in [2.05, 4.69) is 0 Å². The summed E-state index contributed by atoms with van der Waals surface area (Å²) in [7, 11) is 0. The van der Waals surface area contributed by atoms with Crippen molar-refractivity contribution in [3.8, 4) is 0 Å². The van der Waals surface area contributed by atoms with Gasteiger partial charge in [-0.05, 0) is 32.0 Å². The van der Waals surface area contributed by atoms with Crippen molar-refractivity contribution in [3.63, 3.8) is 0 Å². The average molecular weight is 427 g/mol. The van der Waals surface area contributed by atoms with Gasteiger partial charge in [-0.25, -0.2) is 14.4 Å². The smallest absolute Gasteiger partial charge is 0.348 e. The van der Waals surface area contributed by atoms with E-state index in [1.165, 1.54) is 18.2 Å². The molecule has 4 N–H and O–H groups in total. The lowest BCUT2D eigenvalue weighted by molar-refractivity contribution is 0.0438.